The molecule has 3 nitrogen and oxygen atoms in total. The van der Waals surface area contributed by atoms with E-state index < -0.39 is 0 Å². The van der Waals surface area contributed by atoms with Crippen LogP contribution in [0.3, 0.4) is 0 Å². The molecule has 0 radical (unpaired) electrons. The van der Waals surface area contributed by atoms with Gasteiger partial charge in [-0.1, -0.05) is 0 Å². The Bertz CT molecular complexity index is 262. The van der Waals surface area contributed by atoms with Crippen LogP contribution in [0.4, 0.5) is 0 Å². The van der Waals surface area contributed by atoms with Crippen molar-refractivity contribution in [3.05, 3.63) is 0 Å². The van der Waals surface area contributed by atoms with Gasteiger partial charge < -0.3 is 15.0 Å². The van der Waals surface area contributed by atoms with Crippen LogP contribution >= 0.6 is 0 Å². The van der Waals surface area contributed by atoms with E-state index >= 15 is 0 Å². The van der Waals surface area contributed by atoms with Gasteiger partial charge in [0.05, 0.1) is 12.2 Å². The molecule has 0 aromatic heterocycles. The van der Waals surface area contributed by atoms with Crippen LogP contribution in [0.15, 0.2) is 0 Å². The summed E-state index contributed by atoms with van der Waals surface area (Å²) in [5, 5.41) is 3.59. The summed E-state index contributed by atoms with van der Waals surface area (Å²) in [6, 6.07) is 0. The first kappa shape index (κ1) is 15.3. The molecule has 0 amide bonds. The topological polar surface area (TPSA) is 24.5 Å². The lowest BCUT2D eigenvalue weighted by molar-refractivity contribution is -0.108. The third-order valence-electron chi connectivity index (χ3n) is 4.52. The maximum absolute atomic E-state index is 6.26. The van der Waals surface area contributed by atoms with E-state index in [0.717, 1.165) is 19.7 Å². The maximum atomic E-state index is 6.26. The predicted molar refractivity (Wildman–Crippen MR) is 80.6 cm³/mol. The average Bonchev–Trinajstić information content (AvgIpc) is 2.76. The molecule has 0 aromatic rings. The minimum Gasteiger partial charge on any atom is -0.374 e. The lowest BCUT2D eigenvalue weighted by Gasteiger charge is -2.42. The summed E-state index contributed by atoms with van der Waals surface area (Å²) in [5.41, 5.74) is 0.429. The molecule has 0 bridgehead atoms. The third kappa shape index (κ3) is 5.05. The second-order valence-corrected chi connectivity index (χ2v) is 7.36. The van der Waals surface area contributed by atoms with Crippen LogP contribution in [0.5, 0.6) is 0 Å². The molecule has 0 spiro atoms. The molecule has 1 saturated carbocycles. The highest BCUT2D eigenvalue weighted by Gasteiger charge is 2.37. The number of rotatable bonds is 7. The number of nitrogens with zero attached hydrogens (tertiary/aromatic N) is 1. The molecule has 1 N–H and O–H groups in total. The van der Waals surface area contributed by atoms with Crippen LogP contribution in [0.2, 0.25) is 0 Å². The van der Waals surface area contributed by atoms with Gasteiger partial charge in [-0.15, -0.1) is 0 Å². The van der Waals surface area contributed by atoms with Crippen molar-refractivity contribution in [3.8, 4) is 0 Å². The molecule has 1 saturated heterocycles. The summed E-state index contributed by atoms with van der Waals surface area (Å²) < 4.78 is 6.26. The second-order valence-electron chi connectivity index (χ2n) is 7.36. The predicted octanol–water partition coefficient (Wildman–Crippen LogP) is 2.80. The van der Waals surface area contributed by atoms with Crippen LogP contribution in [0, 0.1) is 0 Å². The molecule has 0 atom stereocenters. The maximum Gasteiger partial charge on any atom is 0.0695 e. The van der Waals surface area contributed by atoms with Crippen LogP contribution < -0.4 is 5.32 Å². The molecule has 2 rings (SSSR count). The lowest BCUT2D eigenvalue weighted by atomic mass is 9.77. The summed E-state index contributed by atoms with van der Waals surface area (Å²) in [6.07, 6.45) is 7.79. The van der Waals surface area contributed by atoms with Gasteiger partial charge >= 0.3 is 0 Å². The highest BCUT2D eigenvalue weighted by molar-refractivity contribution is 4.91. The first-order valence-electron chi connectivity index (χ1n) is 8.11. The lowest BCUT2D eigenvalue weighted by Crippen LogP contribution is -2.46. The van der Waals surface area contributed by atoms with Crippen molar-refractivity contribution in [2.45, 2.75) is 70.4 Å². The monoisotopic (exact) mass is 268 g/mol. The molecule has 112 valence electrons. The van der Waals surface area contributed by atoms with Crippen molar-refractivity contribution in [2.75, 3.05) is 32.8 Å². The van der Waals surface area contributed by atoms with Gasteiger partial charge in [-0.05, 0) is 78.9 Å². The zero-order chi connectivity index (χ0) is 13.8. The molecular weight excluding hydrogens is 236 g/mol. The molecule has 2 fully saturated rings. The Balaban J connectivity index is 1.63. The van der Waals surface area contributed by atoms with Crippen molar-refractivity contribution >= 4 is 0 Å². The van der Waals surface area contributed by atoms with Gasteiger partial charge in [0.2, 0.25) is 0 Å². The van der Waals surface area contributed by atoms with E-state index in [1.807, 2.05) is 0 Å². The summed E-state index contributed by atoms with van der Waals surface area (Å²) >= 11 is 0. The molecule has 1 aliphatic carbocycles. The minimum atomic E-state index is 0.206. The zero-order valence-corrected chi connectivity index (χ0v) is 13.1. The first-order chi connectivity index (χ1) is 8.99. The van der Waals surface area contributed by atoms with Gasteiger partial charge in [0.25, 0.3) is 0 Å². The van der Waals surface area contributed by atoms with Crippen molar-refractivity contribution in [1.82, 2.24) is 10.2 Å². The first-order valence-corrected chi connectivity index (χ1v) is 8.11. The Kier molecular flexibility index (Phi) is 5.27. The largest absolute Gasteiger partial charge is 0.374 e. The molecule has 1 heterocycles. The third-order valence-corrected chi connectivity index (χ3v) is 4.52. The smallest absolute Gasteiger partial charge is 0.0695 e. The van der Waals surface area contributed by atoms with Gasteiger partial charge in [-0.25, -0.2) is 0 Å². The van der Waals surface area contributed by atoms with E-state index in [1.165, 1.54) is 51.6 Å². The SMILES string of the molecule is CC(C)(C)NCCC1(OCCN2CCCC2)CCC1. The van der Waals surface area contributed by atoms with Crippen LogP contribution in [0.25, 0.3) is 0 Å². The Morgan fingerprint density at radius 1 is 1.11 bits per heavy atom. The van der Waals surface area contributed by atoms with E-state index in [0.29, 0.717) is 0 Å². The van der Waals surface area contributed by atoms with Gasteiger partial charge in [-0.3, -0.25) is 0 Å². The Morgan fingerprint density at radius 3 is 2.32 bits per heavy atom. The van der Waals surface area contributed by atoms with Crippen molar-refractivity contribution < 1.29 is 4.74 Å². The standard InChI is InChI=1S/C16H32N2O/c1-15(2,3)17-10-9-16(7-6-8-16)19-14-13-18-11-4-5-12-18/h17H,4-14H2,1-3H3. The number of hydrogen-bond donors (Lipinski definition) is 1. The summed E-state index contributed by atoms with van der Waals surface area (Å²) in [6.45, 7) is 12.4. The Hall–Kier alpha value is -0.120. The van der Waals surface area contributed by atoms with Crippen molar-refractivity contribution in [1.29, 1.82) is 0 Å². The van der Waals surface area contributed by atoms with Crippen LogP contribution in [0.1, 0.15) is 59.3 Å². The molecule has 0 aromatic carbocycles. The fraction of sp³-hybridized carbons (Fsp3) is 1.00. The fourth-order valence-corrected chi connectivity index (χ4v) is 3.10. The van der Waals surface area contributed by atoms with E-state index in [2.05, 4.69) is 31.0 Å². The Labute approximate surface area is 119 Å². The molecule has 3 heteroatoms. The highest BCUT2D eigenvalue weighted by Crippen LogP contribution is 2.38. The van der Waals surface area contributed by atoms with Gasteiger partial charge in [0.1, 0.15) is 0 Å². The quantitative estimate of drug-likeness (QED) is 0.768. The summed E-state index contributed by atoms with van der Waals surface area (Å²) in [7, 11) is 0. The number of ether oxygens (including phenoxy) is 1. The fourth-order valence-electron chi connectivity index (χ4n) is 3.10. The molecule has 1 aliphatic heterocycles. The molecule has 0 unspecified atom stereocenters. The van der Waals surface area contributed by atoms with Crippen LogP contribution in [-0.4, -0.2) is 48.8 Å². The van der Waals surface area contributed by atoms with E-state index in [1.54, 1.807) is 0 Å². The number of likely N-dealkylation sites (tertiary alicyclic amines) is 1. The van der Waals surface area contributed by atoms with Crippen molar-refractivity contribution in [2.24, 2.45) is 0 Å². The average molecular weight is 268 g/mol. The van der Waals surface area contributed by atoms with Gasteiger partial charge in [0, 0.05) is 12.1 Å². The van der Waals surface area contributed by atoms with Gasteiger partial charge in [0.15, 0.2) is 0 Å². The molecule has 2 aliphatic rings. The number of hydrogen-bond acceptors (Lipinski definition) is 3. The summed E-state index contributed by atoms with van der Waals surface area (Å²) in [5.74, 6) is 0. The van der Waals surface area contributed by atoms with E-state index in [4.69, 9.17) is 4.74 Å². The highest BCUT2D eigenvalue weighted by atomic mass is 16.5. The second kappa shape index (κ2) is 6.55. The van der Waals surface area contributed by atoms with E-state index in [-0.39, 0.29) is 11.1 Å². The minimum absolute atomic E-state index is 0.206. The zero-order valence-electron chi connectivity index (χ0n) is 13.1. The molecule has 19 heavy (non-hydrogen) atoms. The summed E-state index contributed by atoms with van der Waals surface area (Å²) in [4.78, 5) is 2.54. The Morgan fingerprint density at radius 2 is 1.79 bits per heavy atom. The van der Waals surface area contributed by atoms with Gasteiger partial charge in [-0.2, -0.15) is 0 Å². The van der Waals surface area contributed by atoms with Crippen LogP contribution in [-0.2, 0) is 4.74 Å². The molecular formula is C16H32N2O. The van der Waals surface area contributed by atoms with Crippen molar-refractivity contribution in [3.63, 3.8) is 0 Å². The normalized spacial score (nSPS) is 23.5. The van der Waals surface area contributed by atoms with E-state index in [9.17, 15) is 0 Å². The number of nitrogens with one attached hydrogen (secondary N) is 1.